The van der Waals surface area contributed by atoms with Gasteiger partial charge in [-0.05, 0) is 43.3 Å². The van der Waals surface area contributed by atoms with Crippen LogP contribution >= 0.6 is 11.8 Å². The molecule has 0 fully saturated rings. The first kappa shape index (κ1) is 16.3. The third-order valence-electron chi connectivity index (χ3n) is 2.71. The van der Waals surface area contributed by atoms with Gasteiger partial charge < -0.3 is 10.1 Å². The van der Waals surface area contributed by atoms with Gasteiger partial charge >= 0.3 is 0 Å². The molecule has 3 nitrogen and oxygen atoms in total. The van der Waals surface area contributed by atoms with Crippen molar-refractivity contribution in [1.29, 1.82) is 0 Å². The van der Waals surface area contributed by atoms with E-state index >= 15 is 0 Å². The Bertz CT molecular complexity index is 647. The minimum Gasteiger partial charge on any atom is -0.494 e. The summed E-state index contributed by atoms with van der Waals surface area (Å²) in [5, 5.41) is 2.41. The lowest BCUT2D eigenvalue weighted by Gasteiger charge is -2.07. The molecule has 0 saturated heterocycles. The fourth-order valence-electron chi connectivity index (χ4n) is 1.72. The molecule has 0 aliphatic rings. The lowest BCUT2D eigenvalue weighted by molar-refractivity contribution is -0.113. The smallest absolute Gasteiger partial charge is 0.234 e. The normalized spacial score (nSPS) is 10.3. The first-order chi connectivity index (χ1) is 10.6. The Kier molecular flexibility index (Phi) is 5.77. The largest absolute Gasteiger partial charge is 0.494 e. The van der Waals surface area contributed by atoms with Gasteiger partial charge in [0.05, 0.1) is 18.0 Å². The van der Waals surface area contributed by atoms with Gasteiger partial charge in [-0.1, -0.05) is 0 Å². The van der Waals surface area contributed by atoms with Crippen molar-refractivity contribution in [3.63, 3.8) is 0 Å². The SMILES string of the molecule is CCOc1ccc(SCC(=O)Nc2ccc(F)cc2F)cc1. The van der Waals surface area contributed by atoms with Crippen molar-refractivity contribution < 1.29 is 18.3 Å². The molecule has 22 heavy (non-hydrogen) atoms. The van der Waals surface area contributed by atoms with Crippen LogP contribution in [0.15, 0.2) is 47.4 Å². The molecule has 0 radical (unpaired) electrons. The third-order valence-corrected chi connectivity index (χ3v) is 3.72. The Labute approximate surface area is 131 Å². The average Bonchev–Trinajstić information content (AvgIpc) is 2.50. The molecule has 0 aromatic heterocycles. The number of benzene rings is 2. The molecule has 1 N–H and O–H groups in total. The van der Waals surface area contributed by atoms with Gasteiger partial charge in [-0.3, -0.25) is 4.79 Å². The molecule has 0 unspecified atom stereocenters. The number of ether oxygens (including phenoxy) is 1. The number of carbonyl (C=O) groups excluding carboxylic acids is 1. The maximum Gasteiger partial charge on any atom is 0.234 e. The second-order valence-corrected chi connectivity index (χ2v) is 5.41. The van der Waals surface area contributed by atoms with Gasteiger partial charge in [-0.15, -0.1) is 11.8 Å². The van der Waals surface area contributed by atoms with Crippen LogP contribution in [0.4, 0.5) is 14.5 Å². The van der Waals surface area contributed by atoms with Crippen molar-refractivity contribution in [2.24, 2.45) is 0 Å². The number of thioether (sulfide) groups is 1. The summed E-state index contributed by atoms with van der Waals surface area (Å²) < 4.78 is 31.5. The molecule has 0 bridgehead atoms. The molecule has 1 amide bonds. The maximum absolute atomic E-state index is 13.4. The quantitative estimate of drug-likeness (QED) is 0.814. The summed E-state index contributed by atoms with van der Waals surface area (Å²) in [6, 6.07) is 10.4. The molecule has 0 aliphatic heterocycles. The molecule has 0 heterocycles. The van der Waals surface area contributed by atoms with Crippen molar-refractivity contribution in [2.45, 2.75) is 11.8 Å². The lowest BCUT2D eigenvalue weighted by atomic mass is 10.3. The van der Waals surface area contributed by atoms with Gasteiger partial charge in [-0.2, -0.15) is 0 Å². The third kappa shape index (κ3) is 4.73. The van der Waals surface area contributed by atoms with Gasteiger partial charge in [0.25, 0.3) is 0 Å². The molecule has 6 heteroatoms. The van der Waals surface area contributed by atoms with E-state index in [9.17, 15) is 13.6 Å². The number of hydrogen-bond donors (Lipinski definition) is 1. The Hall–Kier alpha value is -2.08. The van der Waals surface area contributed by atoms with E-state index in [0.717, 1.165) is 22.8 Å². The number of halogens is 2. The summed E-state index contributed by atoms with van der Waals surface area (Å²) in [5.74, 6) is -0.933. The van der Waals surface area contributed by atoms with Gasteiger partial charge in [0.15, 0.2) is 0 Å². The molecule has 2 rings (SSSR count). The second kappa shape index (κ2) is 7.79. The number of rotatable bonds is 6. The number of carbonyl (C=O) groups is 1. The highest BCUT2D eigenvalue weighted by Crippen LogP contribution is 2.22. The summed E-state index contributed by atoms with van der Waals surface area (Å²) in [5.41, 5.74) is -0.0290. The van der Waals surface area contributed by atoms with Gasteiger partial charge in [0.1, 0.15) is 17.4 Å². The predicted octanol–water partition coefficient (Wildman–Crippen LogP) is 4.09. The lowest BCUT2D eigenvalue weighted by Crippen LogP contribution is -2.15. The first-order valence-corrected chi connectivity index (χ1v) is 7.67. The van der Waals surface area contributed by atoms with Crippen LogP contribution in [0.3, 0.4) is 0 Å². The number of hydrogen-bond acceptors (Lipinski definition) is 3. The molecule has 0 aliphatic carbocycles. The summed E-state index contributed by atoms with van der Waals surface area (Å²) in [4.78, 5) is 12.7. The minimum absolute atomic E-state index is 0.0290. The molecule has 2 aromatic carbocycles. The Morgan fingerprint density at radius 3 is 2.55 bits per heavy atom. The van der Waals surface area contributed by atoms with E-state index in [4.69, 9.17) is 4.74 Å². The zero-order chi connectivity index (χ0) is 15.9. The Balaban J connectivity index is 1.87. The minimum atomic E-state index is -0.792. The number of amides is 1. The van der Waals surface area contributed by atoms with E-state index in [1.54, 1.807) is 0 Å². The summed E-state index contributed by atoms with van der Waals surface area (Å²) in [6.45, 7) is 2.50. The average molecular weight is 323 g/mol. The van der Waals surface area contributed by atoms with Crippen LogP contribution in [0.25, 0.3) is 0 Å². The van der Waals surface area contributed by atoms with Crippen LogP contribution in [0.1, 0.15) is 6.92 Å². The monoisotopic (exact) mass is 323 g/mol. The fraction of sp³-hybridized carbons (Fsp3) is 0.188. The second-order valence-electron chi connectivity index (χ2n) is 4.37. The Morgan fingerprint density at radius 1 is 1.18 bits per heavy atom. The van der Waals surface area contributed by atoms with Crippen molar-refractivity contribution in [3.05, 3.63) is 54.1 Å². The fourth-order valence-corrected chi connectivity index (χ4v) is 2.42. The van der Waals surface area contributed by atoms with Crippen molar-refractivity contribution in [3.8, 4) is 5.75 Å². The van der Waals surface area contributed by atoms with E-state index in [2.05, 4.69) is 5.32 Å². The molecule has 0 spiro atoms. The van der Waals surface area contributed by atoms with Gasteiger partial charge in [0.2, 0.25) is 5.91 Å². The summed E-state index contributed by atoms with van der Waals surface area (Å²) in [7, 11) is 0. The maximum atomic E-state index is 13.4. The van der Waals surface area contributed by atoms with E-state index in [0.29, 0.717) is 6.61 Å². The Morgan fingerprint density at radius 2 is 1.91 bits per heavy atom. The molecular formula is C16H15F2NO2S. The van der Waals surface area contributed by atoms with E-state index in [1.807, 2.05) is 31.2 Å². The highest BCUT2D eigenvalue weighted by molar-refractivity contribution is 8.00. The predicted molar refractivity (Wildman–Crippen MR) is 83.3 cm³/mol. The standard InChI is InChI=1S/C16H15F2NO2S/c1-2-21-12-4-6-13(7-5-12)22-10-16(20)19-15-8-3-11(17)9-14(15)18/h3-9H,2,10H2,1H3,(H,19,20). The van der Waals surface area contributed by atoms with Crippen molar-refractivity contribution >= 4 is 23.4 Å². The molecular weight excluding hydrogens is 308 g/mol. The first-order valence-electron chi connectivity index (χ1n) is 6.69. The molecule has 0 saturated carbocycles. The van der Waals surface area contributed by atoms with Crippen LogP contribution in [-0.2, 0) is 4.79 Å². The molecule has 0 atom stereocenters. The van der Waals surface area contributed by atoms with Crippen LogP contribution in [-0.4, -0.2) is 18.3 Å². The van der Waals surface area contributed by atoms with Crippen LogP contribution < -0.4 is 10.1 Å². The van der Waals surface area contributed by atoms with Gasteiger partial charge in [0, 0.05) is 11.0 Å². The summed E-state index contributed by atoms with van der Waals surface area (Å²) >= 11 is 1.32. The zero-order valence-corrected chi connectivity index (χ0v) is 12.8. The summed E-state index contributed by atoms with van der Waals surface area (Å²) in [6.07, 6.45) is 0. The zero-order valence-electron chi connectivity index (χ0n) is 11.9. The van der Waals surface area contributed by atoms with E-state index in [-0.39, 0.29) is 17.3 Å². The van der Waals surface area contributed by atoms with Crippen LogP contribution in [0.5, 0.6) is 5.75 Å². The number of nitrogens with one attached hydrogen (secondary N) is 1. The highest BCUT2D eigenvalue weighted by Gasteiger charge is 2.08. The van der Waals surface area contributed by atoms with Crippen LogP contribution in [0.2, 0.25) is 0 Å². The van der Waals surface area contributed by atoms with Crippen LogP contribution in [0, 0.1) is 11.6 Å². The topological polar surface area (TPSA) is 38.3 Å². The number of anilines is 1. The van der Waals surface area contributed by atoms with Crippen molar-refractivity contribution in [2.75, 3.05) is 17.7 Å². The highest BCUT2D eigenvalue weighted by atomic mass is 32.2. The van der Waals surface area contributed by atoms with Gasteiger partial charge in [-0.25, -0.2) is 8.78 Å². The molecule has 116 valence electrons. The van der Waals surface area contributed by atoms with E-state index in [1.165, 1.54) is 17.8 Å². The van der Waals surface area contributed by atoms with E-state index < -0.39 is 11.6 Å². The molecule has 2 aromatic rings. The van der Waals surface area contributed by atoms with Crippen molar-refractivity contribution in [1.82, 2.24) is 0 Å².